The molecule has 0 radical (unpaired) electrons. The number of rotatable bonds is 5. The summed E-state index contributed by atoms with van der Waals surface area (Å²) in [7, 11) is 0. The van der Waals surface area contributed by atoms with Crippen LogP contribution >= 0.6 is 0 Å². The van der Waals surface area contributed by atoms with E-state index in [2.05, 4.69) is 10.6 Å². The Kier molecular flexibility index (Phi) is 6.21. The van der Waals surface area contributed by atoms with Crippen molar-refractivity contribution in [2.24, 2.45) is 0 Å². The van der Waals surface area contributed by atoms with Crippen molar-refractivity contribution in [2.75, 3.05) is 13.1 Å². The van der Waals surface area contributed by atoms with E-state index in [9.17, 15) is 9.59 Å². The number of hydrogen-bond donors (Lipinski definition) is 2. The van der Waals surface area contributed by atoms with Gasteiger partial charge >= 0.3 is 12.1 Å². The van der Waals surface area contributed by atoms with Gasteiger partial charge in [0.1, 0.15) is 18.8 Å². The van der Waals surface area contributed by atoms with Crippen LogP contribution in [0.5, 0.6) is 0 Å². The zero-order valence-corrected chi connectivity index (χ0v) is 12.7. The summed E-state index contributed by atoms with van der Waals surface area (Å²) in [6.45, 7) is 3.45. The maximum Gasteiger partial charge on any atom is 0.408 e. The first kappa shape index (κ1) is 16.3. The second-order valence-corrected chi connectivity index (χ2v) is 5.31. The number of amides is 1. The molecule has 1 aliphatic heterocycles. The van der Waals surface area contributed by atoms with Crippen LogP contribution in [0.2, 0.25) is 0 Å². The Labute approximate surface area is 130 Å². The van der Waals surface area contributed by atoms with Gasteiger partial charge in [-0.05, 0) is 38.4 Å². The lowest BCUT2D eigenvalue weighted by Gasteiger charge is -2.24. The van der Waals surface area contributed by atoms with E-state index in [1.54, 1.807) is 6.92 Å². The van der Waals surface area contributed by atoms with Crippen LogP contribution in [0.1, 0.15) is 25.3 Å². The molecule has 0 unspecified atom stereocenters. The maximum absolute atomic E-state index is 11.9. The summed E-state index contributed by atoms with van der Waals surface area (Å²) in [5.74, 6) is -0.427. The molecule has 1 saturated heterocycles. The van der Waals surface area contributed by atoms with Crippen molar-refractivity contribution in [3.8, 4) is 0 Å². The van der Waals surface area contributed by atoms with E-state index >= 15 is 0 Å². The molecule has 22 heavy (non-hydrogen) atoms. The smallest absolute Gasteiger partial charge is 0.408 e. The average molecular weight is 306 g/mol. The van der Waals surface area contributed by atoms with Crippen molar-refractivity contribution in [1.29, 1.82) is 0 Å². The summed E-state index contributed by atoms with van der Waals surface area (Å²) >= 11 is 0. The molecule has 0 aromatic heterocycles. The minimum Gasteiger partial charge on any atom is -0.461 e. The summed E-state index contributed by atoms with van der Waals surface area (Å²) in [4.78, 5) is 23.6. The Bertz CT molecular complexity index is 486. The Morgan fingerprint density at radius 1 is 1.27 bits per heavy atom. The molecular weight excluding hydrogens is 284 g/mol. The molecule has 0 bridgehead atoms. The molecule has 1 fully saturated rings. The van der Waals surface area contributed by atoms with Gasteiger partial charge in [0.05, 0.1) is 0 Å². The number of esters is 1. The number of piperidine rings is 1. The predicted octanol–water partition coefficient (Wildman–Crippen LogP) is 1.60. The van der Waals surface area contributed by atoms with Crippen molar-refractivity contribution in [3.63, 3.8) is 0 Å². The fourth-order valence-corrected chi connectivity index (χ4v) is 2.18. The monoisotopic (exact) mass is 306 g/mol. The Hall–Kier alpha value is -2.08. The molecule has 0 spiro atoms. The molecular formula is C16H22N2O4. The molecule has 120 valence electrons. The van der Waals surface area contributed by atoms with Gasteiger partial charge < -0.3 is 20.1 Å². The van der Waals surface area contributed by atoms with Crippen LogP contribution in [0.15, 0.2) is 30.3 Å². The van der Waals surface area contributed by atoms with Crippen LogP contribution in [-0.4, -0.2) is 37.3 Å². The number of alkyl carbamates (subject to hydrolysis) is 1. The molecule has 2 N–H and O–H groups in total. The lowest BCUT2D eigenvalue weighted by molar-refractivity contribution is -0.152. The summed E-state index contributed by atoms with van der Waals surface area (Å²) in [6.07, 6.45) is 0.908. The maximum atomic E-state index is 11.9. The number of benzene rings is 1. The molecule has 1 heterocycles. The van der Waals surface area contributed by atoms with E-state index in [0.29, 0.717) is 0 Å². The van der Waals surface area contributed by atoms with Crippen molar-refractivity contribution in [3.05, 3.63) is 35.9 Å². The molecule has 0 aliphatic carbocycles. The molecule has 0 saturated carbocycles. The Morgan fingerprint density at radius 3 is 2.64 bits per heavy atom. The number of ether oxygens (including phenoxy) is 2. The number of hydrogen-bond acceptors (Lipinski definition) is 5. The second-order valence-electron chi connectivity index (χ2n) is 5.31. The first-order valence-corrected chi connectivity index (χ1v) is 7.53. The third kappa shape index (κ3) is 5.37. The van der Waals surface area contributed by atoms with Gasteiger partial charge in [-0.1, -0.05) is 30.3 Å². The molecule has 1 aromatic rings. The summed E-state index contributed by atoms with van der Waals surface area (Å²) < 4.78 is 10.4. The number of nitrogens with one attached hydrogen (secondary N) is 2. The van der Waals surface area contributed by atoms with E-state index in [0.717, 1.165) is 31.5 Å². The highest BCUT2D eigenvalue weighted by atomic mass is 16.6. The molecule has 1 atom stereocenters. The third-order valence-electron chi connectivity index (χ3n) is 3.47. The first-order valence-electron chi connectivity index (χ1n) is 7.53. The summed E-state index contributed by atoms with van der Waals surface area (Å²) in [5, 5.41) is 5.69. The fraction of sp³-hybridized carbons (Fsp3) is 0.500. The van der Waals surface area contributed by atoms with Gasteiger partial charge in [0.2, 0.25) is 0 Å². The molecule has 6 nitrogen and oxygen atoms in total. The average Bonchev–Trinajstić information content (AvgIpc) is 2.55. The van der Waals surface area contributed by atoms with Gasteiger partial charge in [-0.3, -0.25) is 0 Å². The summed E-state index contributed by atoms with van der Waals surface area (Å²) in [6, 6.07) is 8.64. The van der Waals surface area contributed by atoms with Gasteiger partial charge in [0.25, 0.3) is 0 Å². The fourth-order valence-electron chi connectivity index (χ4n) is 2.18. The highest BCUT2D eigenvalue weighted by Gasteiger charge is 2.23. The topological polar surface area (TPSA) is 76.7 Å². The van der Waals surface area contributed by atoms with E-state index in [1.807, 2.05) is 30.3 Å². The van der Waals surface area contributed by atoms with Gasteiger partial charge in [-0.25, -0.2) is 9.59 Å². The van der Waals surface area contributed by atoms with Crippen LogP contribution in [0.25, 0.3) is 0 Å². The lowest BCUT2D eigenvalue weighted by Crippen LogP contribution is -2.42. The van der Waals surface area contributed by atoms with Gasteiger partial charge in [-0.15, -0.1) is 0 Å². The van der Waals surface area contributed by atoms with Gasteiger partial charge in [0, 0.05) is 0 Å². The lowest BCUT2D eigenvalue weighted by atomic mass is 10.1. The molecule has 1 aromatic carbocycles. The summed E-state index contributed by atoms with van der Waals surface area (Å²) in [5.41, 5.74) is 0.891. The second kappa shape index (κ2) is 8.38. The zero-order valence-electron chi connectivity index (χ0n) is 12.7. The normalized spacial score (nSPS) is 16.6. The van der Waals surface area contributed by atoms with Crippen LogP contribution in [0.3, 0.4) is 0 Å². The van der Waals surface area contributed by atoms with E-state index in [4.69, 9.17) is 9.47 Å². The van der Waals surface area contributed by atoms with Crippen molar-refractivity contribution in [1.82, 2.24) is 10.6 Å². The van der Waals surface area contributed by atoms with E-state index in [1.165, 1.54) is 0 Å². The Balaban J connectivity index is 1.69. The van der Waals surface area contributed by atoms with Gasteiger partial charge in [-0.2, -0.15) is 0 Å². The minimum atomic E-state index is -0.724. The van der Waals surface area contributed by atoms with Crippen LogP contribution < -0.4 is 10.6 Å². The standard InChI is InChI=1S/C16H22N2O4/c1-12(15(19)22-14-7-9-17-10-8-14)18-16(20)21-11-13-5-3-2-4-6-13/h2-6,12,14,17H,7-11H2,1H3,(H,18,20)/t12-/m0/s1. The van der Waals surface area contributed by atoms with Crippen LogP contribution in [0.4, 0.5) is 4.79 Å². The number of carbonyl (C=O) groups excluding carboxylic acids is 2. The molecule has 1 aliphatic rings. The Morgan fingerprint density at radius 2 is 1.95 bits per heavy atom. The number of carbonyl (C=O) groups is 2. The third-order valence-corrected chi connectivity index (χ3v) is 3.47. The SMILES string of the molecule is C[C@H](NC(=O)OCc1ccccc1)C(=O)OC1CCNCC1. The van der Waals surface area contributed by atoms with Crippen molar-refractivity contribution in [2.45, 2.75) is 38.5 Å². The van der Waals surface area contributed by atoms with Crippen LogP contribution in [0, 0.1) is 0 Å². The van der Waals surface area contributed by atoms with Crippen LogP contribution in [-0.2, 0) is 20.9 Å². The van der Waals surface area contributed by atoms with Crippen molar-refractivity contribution < 1.29 is 19.1 Å². The molecule has 2 rings (SSSR count). The molecule has 1 amide bonds. The van der Waals surface area contributed by atoms with E-state index < -0.39 is 18.1 Å². The zero-order chi connectivity index (χ0) is 15.8. The predicted molar refractivity (Wildman–Crippen MR) is 81.2 cm³/mol. The first-order chi connectivity index (χ1) is 10.6. The minimum absolute atomic E-state index is 0.0710. The highest BCUT2D eigenvalue weighted by Crippen LogP contribution is 2.08. The highest BCUT2D eigenvalue weighted by molar-refractivity contribution is 5.81. The van der Waals surface area contributed by atoms with Gasteiger partial charge in [0.15, 0.2) is 0 Å². The van der Waals surface area contributed by atoms with Crippen molar-refractivity contribution >= 4 is 12.1 Å². The molecule has 6 heteroatoms. The quantitative estimate of drug-likeness (QED) is 0.808. The largest absolute Gasteiger partial charge is 0.461 e. The van der Waals surface area contributed by atoms with E-state index in [-0.39, 0.29) is 12.7 Å².